The van der Waals surface area contributed by atoms with Crippen molar-refractivity contribution in [3.05, 3.63) is 72.3 Å². The number of halogens is 3. The van der Waals surface area contributed by atoms with Gasteiger partial charge in [-0.05, 0) is 36.6 Å². The Morgan fingerprint density at radius 1 is 1.03 bits per heavy atom. The zero-order chi connectivity index (χ0) is 23.0. The maximum atomic E-state index is 12.8. The molecular formula is C24H23F3N6. The Labute approximate surface area is 189 Å². The smallest absolute Gasteiger partial charge is 0.351 e. The van der Waals surface area contributed by atoms with E-state index in [1.54, 1.807) is 6.20 Å². The predicted octanol–water partition coefficient (Wildman–Crippen LogP) is 4.75. The fourth-order valence-electron chi connectivity index (χ4n) is 4.40. The van der Waals surface area contributed by atoms with Gasteiger partial charge in [0.1, 0.15) is 5.82 Å². The molecule has 1 aromatic carbocycles. The zero-order valence-corrected chi connectivity index (χ0v) is 18.0. The Balaban J connectivity index is 1.28. The summed E-state index contributed by atoms with van der Waals surface area (Å²) >= 11 is 0. The molecule has 0 spiro atoms. The fourth-order valence-corrected chi connectivity index (χ4v) is 4.40. The summed E-state index contributed by atoms with van der Waals surface area (Å²) in [5.41, 5.74) is 2.42. The number of nitrogens with zero attached hydrogens (tertiary/aromatic N) is 5. The van der Waals surface area contributed by atoms with Gasteiger partial charge in [-0.15, -0.1) is 0 Å². The maximum Gasteiger partial charge on any atom is 0.417 e. The first-order valence-corrected chi connectivity index (χ1v) is 10.8. The first kappa shape index (κ1) is 21.4. The summed E-state index contributed by atoms with van der Waals surface area (Å²) in [5, 5.41) is 9.61. The summed E-state index contributed by atoms with van der Waals surface area (Å²) in [6.07, 6.45) is 2.03. The van der Waals surface area contributed by atoms with Gasteiger partial charge in [-0.25, -0.2) is 4.98 Å². The molecular weight excluding hydrogens is 429 g/mol. The van der Waals surface area contributed by atoms with Crippen molar-refractivity contribution in [2.24, 2.45) is 0 Å². The third-order valence-corrected chi connectivity index (χ3v) is 6.12. The number of aromatic amines is 1. The number of piperazine rings is 1. The molecule has 0 amide bonds. The summed E-state index contributed by atoms with van der Waals surface area (Å²) in [4.78, 5) is 12.7. The van der Waals surface area contributed by atoms with E-state index >= 15 is 0 Å². The molecule has 9 heteroatoms. The molecule has 1 atom stereocenters. The monoisotopic (exact) mass is 452 g/mol. The number of fused-ring (bicyclic) bond motifs is 1. The first-order chi connectivity index (χ1) is 15.9. The molecule has 1 aliphatic rings. The summed E-state index contributed by atoms with van der Waals surface area (Å²) in [5.74, 6) is 0.573. The second-order valence-electron chi connectivity index (χ2n) is 8.39. The molecule has 0 bridgehead atoms. The van der Waals surface area contributed by atoms with Gasteiger partial charge in [0.05, 0.1) is 17.5 Å². The number of hydrogen-bond donors (Lipinski definition) is 1. The van der Waals surface area contributed by atoms with E-state index in [0.29, 0.717) is 12.4 Å². The molecule has 0 radical (unpaired) electrons. The molecule has 5 rings (SSSR count). The average Bonchev–Trinajstić information content (AvgIpc) is 3.26. The summed E-state index contributed by atoms with van der Waals surface area (Å²) in [6.45, 7) is 5.04. The van der Waals surface area contributed by atoms with Crippen LogP contribution in [0, 0.1) is 0 Å². The van der Waals surface area contributed by atoms with Crippen LogP contribution in [0.1, 0.15) is 18.1 Å². The van der Waals surface area contributed by atoms with Crippen molar-refractivity contribution in [1.82, 2.24) is 25.1 Å². The van der Waals surface area contributed by atoms with Gasteiger partial charge in [-0.2, -0.15) is 18.3 Å². The van der Waals surface area contributed by atoms with Gasteiger partial charge >= 0.3 is 6.18 Å². The molecule has 4 heterocycles. The second kappa shape index (κ2) is 8.47. The molecule has 33 heavy (non-hydrogen) atoms. The lowest BCUT2D eigenvalue weighted by molar-refractivity contribution is -0.137. The molecule has 170 valence electrons. The standard InChI is InChI=1S/C24H23F3N6/c1-16-14-32(8-9-33(16)22-5-4-21(13-29-22)24(25,26)27)15-20-12-30-31-23(20)18-3-2-17-6-7-28-11-19(17)10-18/h2-7,10-13,16H,8-9,14-15H2,1H3,(H,30,31)/t16-/m1/s1. The lowest BCUT2D eigenvalue weighted by Gasteiger charge is -2.40. The highest BCUT2D eigenvalue weighted by Crippen LogP contribution is 2.30. The van der Waals surface area contributed by atoms with Crippen LogP contribution < -0.4 is 4.90 Å². The van der Waals surface area contributed by atoms with E-state index in [2.05, 4.69) is 55.1 Å². The second-order valence-corrected chi connectivity index (χ2v) is 8.39. The normalized spacial score (nSPS) is 17.6. The summed E-state index contributed by atoms with van der Waals surface area (Å²) in [7, 11) is 0. The van der Waals surface area contributed by atoms with E-state index in [1.807, 2.05) is 18.5 Å². The lowest BCUT2D eigenvalue weighted by atomic mass is 10.0. The minimum atomic E-state index is -4.38. The number of anilines is 1. The van der Waals surface area contributed by atoms with E-state index in [0.717, 1.165) is 59.5 Å². The van der Waals surface area contributed by atoms with Crippen LogP contribution in [0.15, 0.2) is 61.2 Å². The Morgan fingerprint density at radius 2 is 1.91 bits per heavy atom. The predicted molar refractivity (Wildman–Crippen MR) is 121 cm³/mol. The minimum absolute atomic E-state index is 0.116. The number of nitrogens with one attached hydrogen (secondary N) is 1. The van der Waals surface area contributed by atoms with Crippen LogP contribution in [0.4, 0.5) is 19.0 Å². The third-order valence-electron chi connectivity index (χ3n) is 6.12. The molecule has 0 saturated carbocycles. The summed E-state index contributed by atoms with van der Waals surface area (Å²) < 4.78 is 38.5. The molecule has 1 N–H and O–H groups in total. The molecule has 6 nitrogen and oxygen atoms in total. The van der Waals surface area contributed by atoms with Gasteiger partial charge in [0.2, 0.25) is 0 Å². The van der Waals surface area contributed by atoms with E-state index in [9.17, 15) is 13.2 Å². The largest absolute Gasteiger partial charge is 0.417 e. The highest BCUT2D eigenvalue weighted by atomic mass is 19.4. The van der Waals surface area contributed by atoms with Crippen LogP contribution in [0.3, 0.4) is 0 Å². The Kier molecular flexibility index (Phi) is 5.49. The zero-order valence-electron chi connectivity index (χ0n) is 18.0. The number of rotatable bonds is 4. The first-order valence-electron chi connectivity index (χ1n) is 10.8. The highest BCUT2D eigenvalue weighted by molar-refractivity contribution is 5.86. The lowest BCUT2D eigenvalue weighted by Crippen LogP contribution is -2.51. The van der Waals surface area contributed by atoms with Crippen molar-refractivity contribution < 1.29 is 13.2 Å². The van der Waals surface area contributed by atoms with E-state index in [1.165, 1.54) is 6.07 Å². The van der Waals surface area contributed by atoms with Crippen molar-refractivity contribution in [3.8, 4) is 11.3 Å². The number of alkyl halides is 3. The quantitative estimate of drug-likeness (QED) is 0.484. The molecule has 1 fully saturated rings. The molecule has 3 aromatic heterocycles. The van der Waals surface area contributed by atoms with Crippen LogP contribution in [-0.4, -0.2) is 50.7 Å². The van der Waals surface area contributed by atoms with Crippen molar-refractivity contribution in [3.63, 3.8) is 0 Å². The van der Waals surface area contributed by atoms with E-state index < -0.39 is 11.7 Å². The van der Waals surface area contributed by atoms with Gasteiger partial charge in [0.25, 0.3) is 0 Å². The number of pyridine rings is 2. The number of benzene rings is 1. The SMILES string of the molecule is C[C@@H]1CN(Cc2cn[nH]c2-c2ccc3ccncc3c2)CCN1c1ccc(C(F)(F)F)cn1. The van der Waals surface area contributed by atoms with Crippen molar-refractivity contribution in [2.45, 2.75) is 25.7 Å². The van der Waals surface area contributed by atoms with Gasteiger partial charge < -0.3 is 4.90 Å². The third kappa shape index (κ3) is 4.41. The van der Waals surface area contributed by atoms with Gasteiger partial charge in [0.15, 0.2) is 0 Å². The van der Waals surface area contributed by atoms with Crippen LogP contribution in [0.2, 0.25) is 0 Å². The Bertz CT molecular complexity index is 1250. The highest BCUT2D eigenvalue weighted by Gasteiger charge is 2.31. The van der Waals surface area contributed by atoms with Crippen molar-refractivity contribution in [1.29, 1.82) is 0 Å². The van der Waals surface area contributed by atoms with E-state index in [4.69, 9.17) is 0 Å². The van der Waals surface area contributed by atoms with Crippen LogP contribution in [0.25, 0.3) is 22.0 Å². The molecule has 0 aliphatic carbocycles. The molecule has 4 aromatic rings. The number of aromatic nitrogens is 4. The van der Waals surface area contributed by atoms with Gasteiger partial charge in [-0.3, -0.25) is 15.0 Å². The molecule has 0 unspecified atom stereocenters. The Hall–Kier alpha value is -3.46. The molecule has 1 aliphatic heterocycles. The Morgan fingerprint density at radius 3 is 2.67 bits per heavy atom. The van der Waals surface area contributed by atoms with Gasteiger partial charge in [-0.1, -0.05) is 12.1 Å². The van der Waals surface area contributed by atoms with Crippen molar-refractivity contribution >= 4 is 16.6 Å². The number of hydrogen-bond acceptors (Lipinski definition) is 5. The molecule has 1 saturated heterocycles. The summed E-state index contributed by atoms with van der Waals surface area (Å²) in [6, 6.07) is 10.9. The maximum absolute atomic E-state index is 12.8. The van der Waals surface area contributed by atoms with Gasteiger partial charge in [0, 0.05) is 67.3 Å². The topological polar surface area (TPSA) is 60.9 Å². The minimum Gasteiger partial charge on any atom is -0.351 e. The number of H-pyrrole nitrogens is 1. The van der Waals surface area contributed by atoms with Crippen LogP contribution in [-0.2, 0) is 12.7 Å². The fraction of sp³-hybridized carbons (Fsp3) is 0.292. The van der Waals surface area contributed by atoms with E-state index in [-0.39, 0.29) is 6.04 Å². The van der Waals surface area contributed by atoms with Crippen molar-refractivity contribution in [2.75, 3.05) is 24.5 Å². The van der Waals surface area contributed by atoms with Crippen LogP contribution in [0.5, 0.6) is 0 Å². The average molecular weight is 452 g/mol. The van der Waals surface area contributed by atoms with Crippen LogP contribution >= 0.6 is 0 Å².